The Morgan fingerprint density at radius 3 is 2.20 bits per heavy atom. The van der Waals surface area contributed by atoms with Crippen molar-refractivity contribution in [3.8, 4) is 0 Å². The lowest BCUT2D eigenvalue weighted by Gasteiger charge is -2.05. The molecule has 15 heavy (non-hydrogen) atoms. The number of carbonyl (C=O) groups excluding carboxylic acids is 1. The molecule has 0 bridgehead atoms. The van der Waals surface area contributed by atoms with E-state index in [0.717, 1.165) is 12.1 Å². The fraction of sp³-hybridized carbons (Fsp3) is 0. The molecule has 1 rings (SSSR count). The Balaban J connectivity index is 3.59. The van der Waals surface area contributed by atoms with Crippen LogP contribution in [0.2, 0.25) is 10.0 Å². The van der Waals surface area contributed by atoms with Crippen LogP contribution < -0.4 is 5.14 Å². The standard InChI is InChI=1S/C7H4Cl3NO3S/c8-4-1-3(7(10)12)2-5(6(4)9)15(11,13)14/h1-2H,(H2,11,13,14). The summed E-state index contributed by atoms with van der Waals surface area (Å²) < 4.78 is 22.1. The van der Waals surface area contributed by atoms with Gasteiger partial charge < -0.3 is 0 Å². The fourth-order valence-corrected chi connectivity index (χ4v) is 2.35. The smallest absolute Gasteiger partial charge is 0.252 e. The molecule has 0 fully saturated rings. The summed E-state index contributed by atoms with van der Waals surface area (Å²) in [5.74, 6) is 0. The molecule has 0 saturated heterocycles. The Kier molecular flexibility index (Phi) is 3.63. The second kappa shape index (κ2) is 4.27. The molecule has 8 heteroatoms. The first-order chi connectivity index (χ1) is 6.73. The summed E-state index contributed by atoms with van der Waals surface area (Å²) in [6.07, 6.45) is 0. The van der Waals surface area contributed by atoms with Crippen molar-refractivity contribution in [2.75, 3.05) is 0 Å². The normalized spacial score (nSPS) is 11.5. The Hall–Kier alpha value is -0.330. The molecule has 2 N–H and O–H groups in total. The van der Waals surface area contributed by atoms with Gasteiger partial charge in [0.1, 0.15) is 4.90 Å². The third-order valence-electron chi connectivity index (χ3n) is 1.53. The molecule has 82 valence electrons. The number of benzene rings is 1. The topological polar surface area (TPSA) is 77.2 Å². The highest BCUT2D eigenvalue weighted by Crippen LogP contribution is 2.30. The van der Waals surface area contributed by atoms with Crippen LogP contribution in [-0.4, -0.2) is 13.7 Å². The monoisotopic (exact) mass is 287 g/mol. The number of hydrogen-bond acceptors (Lipinski definition) is 3. The van der Waals surface area contributed by atoms with Crippen LogP contribution in [0.3, 0.4) is 0 Å². The van der Waals surface area contributed by atoms with Crippen LogP contribution >= 0.6 is 34.8 Å². The van der Waals surface area contributed by atoms with Gasteiger partial charge in [-0.25, -0.2) is 13.6 Å². The minimum Gasteiger partial charge on any atom is -0.276 e. The van der Waals surface area contributed by atoms with Gasteiger partial charge in [0.25, 0.3) is 5.24 Å². The van der Waals surface area contributed by atoms with E-state index in [2.05, 4.69) is 0 Å². The average Bonchev–Trinajstić information content (AvgIpc) is 2.06. The molecule has 0 saturated carbocycles. The zero-order chi connectivity index (χ0) is 11.8. The highest BCUT2D eigenvalue weighted by molar-refractivity contribution is 7.89. The van der Waals surface area contributed by atoms with Crippen LogP contribution in [0, 0.1) is 0 Å². The molecule has 0 aliphatic heterocycles. The SMILES string of the molecule is NS(=O)(=O)c1cc(C(=O)Cl)cc(Cl)c1Cl. The van der Waals surface area contributed by atoms with Gasteiger partial charge in [-0.15, -0.1) is 0 Å². The molecular formula is C7H4Cl3NO3S. The van der Waals surface area contributed by atoms with E-state index in [1.54, 1.807) is 0 Å². The second-order valence-electron chi connectivity index (χ2n) is 2.59. The third kappa shape index (κ3) is 2.83. The van der Waals surface area contributed by atoms with Crippen LogP contribution in [0.1, 0.15) is 10.4 Å². The van der Waals surface area contributed by atoms with Gasteiger partial charge >= 0.3 is 0 Å². The van der Waals surface area contributed by atoms with E-state index in [4.69, 9.17) is 39.9 Å². The molecule has 0 spiro atoms. The van der Waals surface area contributed by atoms with Crippen LogP contribution in [0.15, 0.2) is 17.0 Å². The number of sulfonamides is 1. The molecule has 1 aromatic carbocycles. The maximum atomic E-state index is 11.1. The maximum absolute atomic E-state index is 11.1. The molecule has 0 aliphatic carbocycles. The summed E-state index contributed by atoms with van der Waals surface area (Å²) in [7, 11) is -4.04. The van der Waals surface area contributed by atoms with Crippen molar-refractivity contribution in [2.24, 2.45) is 5.14 Å². The van der Waals surface area contributed by atoms with E-state index < -0.39 is 20.2 Å². The Morgan fingerprint density at radius 2 is 1.80 bits per heavy atom. The maximum Gasteiger partial charge on any atom is 0.252 e. The first-order valence-corrected chi connectivity index (χ1v) is 6.13. The molecule has 0 aliphatic rings. The Labute approximate surface area is 101 Å². The molecule has 0 aromatic heterocycles. The number of nitrogens with two attached hydrogens (primary N) is 1. The van der Waals surface area contributed by atoms with Crippen molar-refractivity contribution in [3.05, 3.63) is 27.7 Å². The number of primary sulfonamides is 1. The van der Waals surface area contributed by atoms with E-state index in [9.17, 15) is 13.2 Å². The Morgan fingerprint density at radius 1 is 1.27 bits per heavy atom. The highest BCUT2D eigenvalue weighted by Gasteiger charge is 2.18. The van der Waals surface area contributed by atoms with Crippen molar-refractivity contribution in [3.63, 3.8) is 0 Å². The number of carbonyl (C=O) groups is 1. The van der Waals surface area contributed by atoms with Gasteiger partial charge in [0, 0.05) is 5.56 Å². The van der Waals surface area contributed by atoms with E-state index in [-0.39, 0.29) is 15.6 Å². The predicted octanol–water partition coefficient (Wildman–Crippen LogP) is 2.02. The predicted molar refractivity (Wildman–Crippen MR) is 58.0 cm³/mol. The first kappa shape index (κ1) is 12.7. The lowest BCUT2D eigenvalue weighted by atomic mass is 10.2. The van der Waals surface area contributed by atoms with Gasteiger partial charge in [0.05, 0.1) is 10.0 Å². The summed E-state index contributed by atoms with van der Waals surface area (Å²) in [6, 6.07) is 2.13. The van der Waals surface area contributed by atoms with Crippen LogP contribution in [-0.2, 0) is 10.0 Å². The molecule has 4 nitrogen and oxygen atoms in total. The summed E-state index contributed by atoms with van der Waals surface area (Å²) in [5.41, 5.74) is -0.0879. The van der Waals surface area contributed by atoms with Crippen molar-refractivity contribution < 1.29 is 13.2 Å². The third-order valence-corrected chi connectivity index (χ3v) is 3.60. The largest absolute Gasteiger partial charge is 0.276 e. The van der Waals surface area contributed by atoms with Crippen LogP contribution in [0.4, 0.5) is 0 Å². The van der Waals surface area contributed by atoms with Gasteiger partial charge in [-0.05, 0) is 23.7 Å². The number of hydrogen-bond donors (Lipinski definition) is 1. The van der Waals surface area contributed by atoms with E-state index >= 15 is 0 Å². The van der Waals surface area contributed by atoms with Crippen molar-refractivity contribution in [1.29, 1.82) is 0 Å². The molecule has 0 amide bonds. The van der Waals surface area contributed by atoms with E-state index in [1.165, 1.54) is 0 Å². The summed E-state index contributed by atoms with van der Waals surface area (Å²) in [5, 5.41) is 3.68. The molecular weight excluding hydrogens is 285 g/mol. The zero-order valence-electron chi connectivity index (χ0n) is 7.00. The lowest BCUT2D eigenvalue weighted by Crippen LogP contribution is -2.13. The molecule has 0 atom stereocenters. The Bertz CT molecular complexity index is 527. The minimum absolute atomic E-state index is 0.0879. The van der Waals surface area contributed by atoms with Crippen molar-refractivity contribution in [1.82, 2.24) is 0 Å². The van der Waals surface area contributed by atoms with Crippen LogP contribution in [0.5, 0.6) is 0 Å². The van der Waals surface area contributed by atoms with Gasteiger partial charge in [0.2, 0.25) is 10.0 Å². The molecule has 0 unspecified atom stereocenters. The molecule has 0 heterocycles. The minimum atomic E-state index is -4.04. The number of rotatable bonds is 2. The summed E-state index contributed by atoms with van der Waals surface area (Å²) in [4.78, 5) is 10.4. The zero-order valence-corrected chi connectivity index (χ0v) is 10.1. The van der Waals surface area contributed by atoms with Gasteiger partial charge in [-0.2, -0.15) is 0 Å². The van der Waals surface area contributed by atoms with Gasteiger partial charge in [-0.1, -0.05) is 23.2 Å². The van der Waals surface area contributed by atoms with Gasteiger partial charge in [0.15, 0.2) is 0 Å². The van der Waals surface area contributed by atoms with Gasteiger partial charge in [-0.3, -0.25) is 4.79 Å². The van der Waals surface area contributed by atoms with Crippen molar-refractivity contribution in [2.45, 2.75) is 4.90 Å². The van der Waals surface area contributed by atoms with E-state index in [1.807, 2.05) is 0 Å². The highest BCUT2D eigenvalue weighted by atomic mass is 35.5. The molecule has 1 aromatic rings. The summed E-state index contributed by atoms with van der Waals surface area (Å²) >= 11 is 16.4. The van der Waals surface area contributed by atoms with E-state index in [0.29, 0.717) is 0 Å². The summed E-state index contributed by atoms with van der Waals surface area (Å²) in [6.45, 7) is 0. The quantitative estimate of drug-likeness (QED) is 0.846. The number of halogens is 3. The lowest BCUT2D eigenvalue weighted by molar-refractivity contribution is 0.108. The van der Waals surface area contributed by atoms with Crippen LogP contribution in [0.25, 0.3) is 0 Å². The second-order valence-corrected chi connectivity index (χ2v) is 5.25. The fourth-order valence-electron chi connectivity index (χ4n) is 0.884. The van der Waals surface area contributed by atoms with Crippen molar-refractivity contribution >= 4 is 50.1 Å². The average molecular weight is 289 g/mol. The first-order valence-electron chi connectivity index (χ1n) is 3.45. The molecule has 0 radical (unpaired) electrons.